The van der Waals surface area contributed by atoms with Crippen LogP contribution in [0.1, 0.15) is 40.0 Å². The number of carbonyl (C=O) groups excluding carboxylic acids is 2. The third-order valence-corrected chi connectivity index (χ3v) is 4.92. The fourth-order valence-electron chi connectivity index (χ4n) is 2.00. The maximum atomic E-state index is 11.7. The van der Waals surface area contributed by atoms with Gasteiger partial charge in [0.2, 0.25) is 11.8 Å². The molecule has 10 heteroatoms. The van der Waals surface area contributed by atoms with Crippen LogP contribution >= 0.6 is 11.8 Å². The lowest BCUT2D eigenvalue weighted by molar-refractivity contribution is -0.142. The Labute approximate surface area is 163 Å². The van der Waals surface area contributed by atoms with E-state index in [1.54, 1.807) is 13.8 Å². The van der Waals surface area contributed by atoms with Crippen LogP contribution in [-0.2, 0) is 14.4 Å². The fraction of sp³-hybridized carbons (Fsp3) is 0.824. The van der Waals surface area contributed by atoms with Gasteiger partial charge in [0, 0.05) is 30.7 Å². The normalized spacial score (nSPS) is 14.9. The van der Waals surface area contributed by atoms with Gasteiger partial charge in [-0.15, -0.1) is 0 Å². The number of amides is 2. The minimum atomic E-state index is -1.36. The lowest BCUT2D eigenvalue weighted by atomic mass is 9.87. The predicted molar refractivity (Wildman–Crippen MR) is 102 cm³/mol. The van der Waals surface area contributed by atoms with Crippen molar-refractivity contribution in [2.24, 2.45) is 5.41 Å². The van der Waals surface area contributed by atoms with Gasteiger partial charge in [-0.05, 0) is 19.1 Å². The van der Waals surface area contributed by atoms with Crippen LogP contribution in [-0.4, -0.2) is 81.1 Å². The summed E-state index contributed by atoms with van der Waals surface area (Å²) in [6.45, 7) is 4.75. The molecule has 0 rings (SSSR count). The van der Waals surface area contributed by atoms with Crippen molar-refractivity contribution in [3.05, 3.63) is 0 Å². The molecule has 27 heavy (non-hydrogen) atoms. The molecule has 0 bridgehead atoms. The van der Waals surface area contributed by atoms with Crippen LogP contribution in [0.3, 0.4) is 0 Å². The van der Waals surface area contributed by atoms with Crippen LogP contribution in [0.5, 0.6) is 0 Å². The van der Waals surface area contributed by atoms with Gasteiger partial charge >= 0.3 is 5.97 Å². The zero-order chi connectivity index (χ0) is 21.1. The molecule has 2 amide bonds. The molecule has 0 fully saturated rings. The maximum Gasteiger partial charge on any atom is 0.306 e. The molecule has 0 radical (unpaired) electrons. The minimum Gasteiger partial charge on any atom is -0.481 e. The topological polar surface area (TPSA) is 156 Å². The van der Waals surface area contributed by atoms with Crippen LogP contribution in [0.4, 0.5) is 0 Å². The Kier molecular flexibility index (Phi) is 11.6. The summed E-state index contributed by atoms with van der Waals surface area (Å²) < 4.78 is 0. The molecule has 0 aliphatic heterocycles. The van der Waals surface area contributed by atoms with E-state index in [-0.39, 0.29) is 31.9 Å². The van der Waals surface area contributed by atoms with Crippen LogP contribution in [0.15, 0.2) is 0 Å². The van der Waals surface area contributed by atoms with Gasteiger partial charge in [0.25, 0.3) is 0 Å². The van der Waals surface area contributed by atoms with Crippen LogP contribution in [0.25, 0.3) is 0 Å². The van der Waals surface area contributed by atoms with Gasteiger partial charge < -0.3 is 31.1 Å². The first kappa shape index (κ1) is 25.6. The number of rotatable bonds is 14. The lowest BCUT2D eigenvalue weighted by Gasteiger charge is -2.27. The third-order valence-electron chi connectivity index (χ3n) is 3.93. The molecule has 0 aliphatic rings. The number of aliphatic hydroxyl groups is 3. The van der Waals surface area contributed by atoms with Gasteiger partial charge in [-0.25, -0.2) is 0 Å². The first-order chi connectivity index (χ1) is 12.4. The molecule has 2 atom stereocenters. The molecule has 0 aliphatic carbocycles. The van der Waals surface area contributed by atoms with E-state index in [2.05, 4.69) is 10.6 Å². The van der Waals surface area contributed by atoms with Gasteiger partial charge in [0.1, 0.15) is 6.10 Å². The highest BCUT2D eigenvalue weighted by Crippen LogP contribution is 2.19. The molecule has 0 aromatic heterocycles. The molecule has 6 N–H and O–H groups in total. The summed E-state index contributed by atoms with van der Waals surface area (Å²) in [5.41, 5.74) is -2.20. The van der Waals surface area contributed by atoms with E-state index in [1.807, 2.05) is 0 Å². The van der Waals surface area contributed by atoms with E-state index in [0.717, 1.165) is 0 Å². The summed E-state index contributed by atoms with van der Waals surface area (Å²) in [6, 6.07) is 0. The number of aliphatic carboxylic acids is 1. The monoisotopic (exact) mass is 408 g/mol. The Bertz CT molecular complexity index is 498. The smallest absolute Gasteiger partial charge is 0.306 e. The van der Waals surface area contributed by atoms with Gasteiger partial charge in [0.05, 0.1) is 18.6 Å². The van der Waals surface area contributed by atoms with E-state index in [0.29, 0.717) is 24.5 Å². The van der Waals surface area contributed by atoms with E-state index in [1.165, 1.54) is 18.7 Å². The summed E-state index contributed by atoms with van der Waals surface area (Å²) in [7, 11) is 0. The van der Waals surface area contributed by atoms with Crippen molar-refractivity contribution in [2.75, 3.05) is 31.2 Å². The van der Waals surface area contributed by atoms with Crippen molar-refractivity contribution in [1.29, 1.82) is 0 Å². The Balaban J connectivity index is 3.82. The second-order valence-electron chi connectivity index (χ2n) is 7.37. The minimum absolute atomic E-state index is 0.0655. The number of nitrogens with one attached hydrogen (secondary N) is 2. The average molecular weight is 409 g/mol. The molecule has 0 saturated carbocycles. The number of aliphatic hydroxyl groups excluding tert-OH is 2. The van der Waals surface area contributed by atoms with Crippen molar-refractivity contribution in [1.82, 2.24) is 10.6 Å². The molecule has 0 heterocycles. The number of carbonyl (C=O) groups is 3. The lowest BCUT2D eigenvalue weighted by Crippen LogP contribution is -2.46. The molecular formula is C17H32N2O7S. The Hall–Kier alpha value is -1.36. The first-order valence-corrected chi connectivity index (χ1v) is 9.92. The average Bonchev–Trinajstić information content (AvgIpc) is 2.55. The highest BCUT2D eigenvalue weighted by atomic mass is 32.2. The quantitative estimate of drug-likeness (QED) is 0.207. The number of carboxylic acids is 1. The summed E-state index contributed by atoms with van der Waals surface area (Å²) in [6.07, 6.45) is -1.26. The summed E-state index contributed by atoms with van der Waals surface area (Å²) in [5, 5.41) is 42.6. The summed E-state index contributed by atoms with van der Waals surface area (Å²) >= 11 is 1.49. The van der Waals surface area contributed by atoms with Crippen LogP contribution in [0.2, 0.25) is 0 Å². The van der Waals surface area contributed by atoms with Gasteiger partial charge in [-0.3, -0.25) is 14.4 Å². The highest BCUT2D eigenvalue weighted by molar-refractivity contribution is 7.99. The highest BCUT2D eigenvalue weighted by Gasteiger charge is 2.32. The number of hydrogen-bond donors (Lipinski definition) is 6. The molecule has 0 aromatic carbocycles. The maximum absolute atomic E-state index is 11.7. The zero-order valence-corrected chi connectivity index (χ0v) is 17.0. The van der Waals surface area contributed by atoms with Crippen LogP contribution in [0, 0.1) is 5.41 Å². The Morgan fingerprint density at radius 1 is 1.07 bits per heavy atom. The number of thioether (sulfide) groups is 1. The summed E-state index contributed by atoms with van der Waals surface area (Å²) in [4.78, 5) is 34.0. The molecule has 0 spiro atoms. The van der Waals surface area contributed by atoms with Crippen molar-refractivity contribution in [3.8, 4) is 0 Å². The molecular weight excluding hydrogens is 376 g/mol. The van der Waals surface area contributed by atoms with E-state index in [4.69, 9.17) is 10.2 Å². The molecule has 9 nitrogen and oxygen atoms in total. The van der Waals surface area contributed by atoms with Crippen molar-refractivity contribution in [2.45, 2.75) is 51.7 Å². The summed E-state index contributed by atoms with van der Waals surface area (Å²) in [5.74, 6) is -0.734. The zero-order valence-electron chi connectivity index (χ0n) is 16.2. The number of carboxylic acid groups (broad SMARTS) is 1. The van der Waals surface area contributed by atoms with E-state index < -0.39 is 29.0 Å². The van der Waals surface area contributed by atoms with E-state index >= 15 is 0 Å². The van der Waals surface area contributed by atoms with Gasteiger partial charge in [-0.1, -0.05) is 13.8 Å². The van der Waals surface area contributed by atoms with Crippen molar-refractivity contribution >= 4 is 29.5 Å². The third kappa shape index (κ3) is 11.9. The fourth-order valence-corrected chi connectivity index (χ4v) is 3.03. The molecule has 2 unspecified atom stereocenters. The molecule has 0 aromatic rings. The molecule has 158 valence electrons. The molecule has 0 saturated heterocycles. The number of hydrogen-bond acceptors (Lipinski definition) is 7. The second kappa shape index (κ2) is 12.2. The SMILES string of the molecule is CC(O)(CCSCCNC(=O)CCNC(=O)C(O)C(C)(C)CO)CC(=O)O. The van der Waals surface area contributed by atoms with Gasteiger partial charge in [-0.2, -0.15) is 11.8 Å². The van der Waals surface area contributed by atoms with Crippen molar-refractivity contribution < 1.29 is 34.8 Å². The van der Waals surface area contributed by atoms with Crippen LogP contribution < -0.4 is 10.6 Å². The van der Waals surface area contributed by atoms with Gasteiger partial charge in [0.15, 0.2) is 0 Å². The first-order valence-electron chi connectivity index (χ1n) is 8.76. The Morgan fingerprint density at radius 3 is 2.26 bits per heavy atom. The van der Waals surface area contributed by atoms with Crippen molar-refractivity contribution in [3.63, 3.8) is 0 Å². The Morgan fingerprint density at radius 2 is 1.70 bits per heavy atom. The predicted octanol–water partition coefficient (Wildman–Crippen LogP) is -0.663. The largest absolute Gasteiger partial charge is 0.481 e. The standard InChI is InChI=1S/C17H32N2O7S/c1-16(2,11-20)14(24)15(25)19-6-4-12(21)18-7-9-27-8-5-17(3,26)10-13(22)23/h14,20,24,26H,4-11H2,1-3H3,(H,18,21)(H,19,25)(H,22,23). The second-order valence-corrected chi connectivity index (χ2v) is 8.59. The van der Waals surface area contributed by atoms with E-state index in [9.17, 15) is 24.6 Å².